The molecule has 0 aromatic heterocycles. The van der Waals surface area contributed by atoms with Crippen molar-refractivity contribution < 1.29 is 13.2 Å². The van der Waals surface area contributed by atoms with E-state index >= 15 is 0 Å². The Morgan fingerprint density at radius 1 is 1.23 bits per heavy atom. The highest BCUT2D eigenvalue weighted by Gasteiger charge is 2.07. The summed E-state index contributed by atoms with van der Waals surface area (Å²) in [6.07, 6.45) is 2.81. The Balaban J connectivity index is 2.11. The van der Waals surface area contributed by atoms with E-state index in [1.54, 1.807) is 0 Å². The molecule has 0 bridgehead atoms. The highest BCUT2D eigenvalue weighted by Crippen LogP contribution is 2.04. The fourth-order valence-electron chi connectivity index (χ4n) is 2.01. The van der Waals surface area contributed by atoms with E-state index in [-0.39, 0.29) is 17.8 Å². The van der Waals surface area contributed by atoms with E-state index in [0.717, 1.165) is 12.8 Å². The summed E-state index contributed by atoms with van der Waals surface area (Å²) in [6, 6.07) is 9.97. The van der Waals surface area contributed by atoms with Crippen LogP contribution < -0.4 is 15.8 Å². The number of primary sulfonamides is 1. The molecule has 7 heteroatoms. The molecule has 2 amide bonds. The smallest absolute Gasteiger partial charge is 0.314 e. The number of amides is 2. The molecule has 124 valence electrons. The van der Waals surface area contributed by atoms with Crippen molar-refractivity contribution in [2.75, 3.05) is 12.3 Å². The maximum Gasteiger partial charge on any atom is 0.314 e. The van der Waals surface area contributed by atoms with E-state index < -0.39 is 10.0 Å². The number of hydrogen-bond acceptors (Lipinski definition) is 3. The summed E-state index contributed by atoms with van der Waals surface area (Å²) in [5.74, 6) is -0.0518. The fraction of sp³-hybridized carbons (Fsp3) is 0.533. The van der Waals surface area contributed by atoms with E-state index in [0.29, 0.717) is 19.4 Å². The molecule has 0 fully saturated rings. The molecule has 0 saturated carbocycles. The number of carbonyl (C=O) groups is 1. The van der Waals surface area contributed by atoms with Crippen LogP contribution in [0.5, 0.6) is 0 Å². The molecular formula is C15H25N3O3S. The Hall–Kier alpha value is -1.60. The number of hydrogen-bond donors (Lipinski definition) is 3. The third kappa shape index (κ3) is 9.36. The summed E-state index contributed by atoms with van der Waals surface area (Å²) in [4.78, 5) is 11.7. The molecular weight excluding hydrogens is 302 g/mol. The van der Waals surface area contributed by atoms with Gasteiger partial charge in [-0.15, -0.1) is 0 Å². The van der Waals surface area contributed by atoms with Crippen LogP contribution in [0.2, 0.25) is 0 Å². The van der Waals surface area contributed by atoms with E-state index in [1.165, 1.54) is 5.56 Å². The molecule has 0 unspecified atom stereocenters. The van der Waals surface area contributed by atoms with Crippen molar-refractivity contribution in [3.8, 4) is 0 Å². The molecule has 6 nitrogen and oxygen atoms in total. The Labute approximate surface area is 132 Å². The maximum atomic E-state index is 11.7. The minimum Gasteiger partial charge on any atom is -0.338 e. The van der Waals surface area contributed by atoms with E-state index in [1.807, 2.05) is 25.1 Å². The molecule has 4 N–H and O–H groups in total. The third-order valence-corrected chi connectivity index (χ3v) is 4.09. The van der Waals surface area contributed by atoms with Crippen LogP contribution in [0.15, 0.2) is 30.3 Å². The van der Waals surface area contributed by atoms with Gasteiger partial charge in [-0.1, -0.05) is 30.3 Å². The summed E-state index contributed by atoms with van der Waals surface area (Å²) < 4.78 is 21.5. The second-order valence-corrected chi connectivity index (χ2v) is 7.13. The van der Waals surface area contributed by atoms with Gasteiger partial charge in [0, 0.05) is 12.6 Å². The first-order chi connectivity index (χ1) is 10.4. The molecule has 0 radical (unpaired) electrons. The first-order valence-corrected chi connectivity index (χ1v) is 9.17. The zero-order valence-corrected chi connectivity index (χ0v) is 13.7. The fourth-order valence-corrected chi connectivity index (χ4v) is 2.61. The lowest BCUT2D eigenvalue weighted by Crippen LogP contribution is -2.41. The van der Waals surface area contributed by atoms with Gasteiger partial charge in [-0.05, 0) is 38.2 Å². The number of nitrogens with one attached hydrogen (secondary N) is 2. The number of nitrogens with two attached hydrogens (primary N) is 1. The van der Waals surface area contributed by atoms with Crippen molar-refractivity contribution in [3.05, 3.63) is 35.9 Å². The minimum atomic E-state index is -3.41. The lowest BCUT2D eigenvalue weighted by Gasteiger charge is -2.14. The van der Waals surface area contributed by atoms with Crippen LogP contribution in [0.4, 0.5) is 4.79 Å². The minimum absolute atomic E-state index is 0.0518. The molecule has 0 saturated heterocycles. The predicted octanol–water partition coefficient (Wildman–Crippen LogP) is 1.38. The average molecular weight is 327 g/mol. The van der Waals surface area contributed by atoms with Crippen LogP contribution in [0.3, 0.4) is 0 Å². The molecule has 0 spiro atoms. The van der Waals surface area contributed by atoms with Crippen LogP contribution in [0, 0.1) is 0 Å². The standard InChI is InChI=1S/C15H25N3O3S/c1-13(9-10-14-7-3-2-4-8-14)18-15(19)17-11-5-6-12-22(16,20)21/h2-4,7-8,13H,5-6,9-12H2,1H3,(H2,16,20,21)(H2,17,18,19)/t13-/m0/s1. The quantitative estimate of drug-likeness (QED) is 0.597. The number of benzene rings is 1. The van der Waals surface area contributed by atoms with Gasteiger partial charge in [0.1, 0.15) is 0 Å². The largest absolute Gasteiger partial charge is 0.338 e. The van der Waals surface area contributed by atoms with Crippen molar-refractivity contribution in [1.82, 2.24) is 10.6 Å². The molecule has 0 heterocycles. The van der Waals surface area contributed by atoms with Gasteiger partial charge < -0.3 is 10.6 Å². The SMILES string of the molecule is C[C@@H](CCc1ccccc1)NC(=O)NCCCCS(N)(=O)=O. The molecule has 0 aliphatic carbocycles. The third-order valence-electron chi connectivity index (χ3n) is 3.23. The van der Waals surface area contributed by atoms with Gasteiger partial charge in [-0.3, -0.25) is 0 Å². The van der Waals surface area contributed by atoms with Gasteiger partial charge in [0.25, 0.3) is 0 Å². The summed E-state index contributed by atoms with van der Waals surface area (Å²) in [6.45, 7) is 2.40. The average Bonchev–Trinajstić information content (AvgIpc) is 2.44. The number of urea groups is 1. The monoisotopic (exact) mass is 327 g/mol. The van der Waals surface area contributed by atoms with Gasteiger partial charge in [0.15, 0.2) is 0 Å². The molecule has 1 aromatic carbocycles. The van der Waals surface area contributed by atoms with Gasteiger partial charge in [-0.25, -0.2) is 18.4 Å². The van der Waals surface area contributed by atoms with Gasteiger partial charge in [-0.2, -0.15) is 0 Å². The normalized spacial score (nSPS) is 12.6. The van der Waals surface area contributed by atoms with E-state index in [4.69, 9.17) is 5.14 Å². The summed E-state index contributed by atoms with van der Waals surface area (Å²) in [5, 5.41) is 10.5. The lowest BCUT2D eigenvalue weighted by atomic mass is 10.1. The number of rotatable bonds is 9. The van der Waals surface area contributed by atoms with E-state index in [9.17, 15) is 13.2 Å². The Kier molecular flexibility index (Phi) is 7.90. The van der Waals surface area contributed by atoms with Crippen LogP contribution >= 0.6 is 0 Å². The number of unbranched alkanes of at least 4 members (excludes halogenated alkanes) is 1. The van der Waals surface area contributed by atoms with Crippen LogP contribution in [-0.4, -0.2) is 32.8 Å². The molecule has 0 aliphatic rings. The lowest BCUT2D eigenvalue weighted by molar-refractivity contribution is 0.237. The summed E-state index contributed by atoms with van der Waals surface area (Å²) >= 11 is 0. The van der Waals surface area contributed by atoms with Crippen LogP contribution in [-0.2, 0) is 16.4 Å². The Morgan fingerprint density at radius 2 is 1.91 bits per heavy atom. The maximum absolute atomic E-state index is 11.7. The van der Waals surface area contributed by atoms with Crippen molar-refractivity contribution >= 4 is 16.1 Å². The van der Waals surface area contributed by atoms with E-state index in [2.05, 4.69) is 22.8 Å². The number of aryl methyl sites for hydroxylation is 1. The number of carbonyl (C=O) groups excluding carboxylic acids is 1. The summed E-state index contributed by atoms with van der Waals surface area (Å²) in [7, 11) is -3.41. The first-order valence-electron chi connectivity index (χ1n) is 7.45. The van der Waals surface area contributed by atoms with Crippen LogP contribution in [0.25, 0.3) is 0 Å². The van der Waals surface area contributed by atoms with Crippen molar-refractivity contribution in [3.63, 3.8) is 0 Å². The van der Waals surface area contributed by atoms with Crippen molar-refractivity contribution in [1.29, 1.82) is 0 Å². The second kappa shape index (κ2) is 9.42. The highest BCUT2D eigenvalue weighted by atomic mass is 32.2. The second-order valence-electron chi connectivity index (χ2n) is 5.40. The molecule has 0 aliphatic heterocycles. The van der Waals surface area contributed by atoms with Crippen molar-refractivity contribution in [2.24, 2.45) is 5.14 Å². The topological polar surface area (TPSA) is 101 Å². The first kappa shape index (κ1) is 18.4. The Morgan fingerprint density at radius 3 is 2.55 bits per heavy atom. The highest BCUT2D eigenvalue weighted by molar-refractivity contribution is 7.89. The summed E-state index contributed by atoms with van der Waals surface area (Å²) in [5.41, 5.74) is 1.25. The predicted molar refractivity (Wildman–Crippen MR) is 88.0 cm³/mol. The zero-order valence-electron chi connectivity index (χ0n) is 12.9. The molecule has 1 atom stereocenters. The Bertz CT molecular complexity index is 546. The number of sulfonamides is 1. The van der Waals surface area contributed by atoms with Crippen LogP contribution in [0.1, 0.15) is 31.7 Å². The van der Waals surface area contributed by atoms with Crippen molar-refractivity contribution in [2.45, 2.75) is 38.6 Å². The molecule has 1 rings (SSSR count). The van der Waals surface area contributed by atoms with Gasteiger partial charge in [0.05, 0.1) is 5.75 Å². The van der Waals surface area contributed by atoms with Gasteiger partial charge >= 0.3 is 6.03 Å². The molecule has 22 heavy (non-hydrogen) atoms. The molecule has 1 aromatic rings. The van der Waals surface area contributed by atoms with Gasteiger partial charge in [0.2, 0.25) is 10.0 Å². The zero-order chi connectivity index (χ0) is 16.4.